The maximum Gasteiger partial charge on any atom is 0.279 e. The van der Waals surface area contributed by atoms with Gasteiger partial charge in [0.1, 0.15) is 0 Å². The summed E-state index contributed by atoms with van der Waals surface area (Å²) in [7, 11) is -3.44. The van der Waals surface area contributed by atoms with Gasteiger partial charge >= 0.3 is 0 Å². The minimum Gasteiger partial charge on any atom is -0.339 e. The predicted octanol–water partition coefficient (Wildman–Crippen LogP) is 2.13. The van der Waals surface area contributed by atoms with Crippen LogP contribution in [-0.2, 0) is 16.8 Å². The first-order chi connectivity index (χ1) is 12.1. The largest absolute Gasteiger partial charge is 0.339 e. The molecule has 138 valence electrons. The van der Waals surface area contributed by atoms with E-state index in [0.717, 1.165) is 57.2 Å². The normalized spacial score (nSPS) is 19.8. The molecule has 1 aromatic rings. The van der Waals surface area contributed by atoms with Crippen LogP contribution in [0.5, 0.6) is 0 Å². The molecule has 3 rings (SSSR count). The second kappa shape index (κ2) is 8.29. The van der Waals surface area contributed by atoms with E-state index >= 15 is 0 Å². The molecule has 1 amide bonds. The summed E-state index contributed by atoms with van der Waals surface area (Å²) in [4.78, 5) is 14.2. The molecule has 2 saturated heterocycles. The zero-order chi connectivity index (χ0) is 17.7. The van der Waals surface area contributed by atoms with Crippen LogP contribution in [0.1, 0.15) is 54.4 Å². The molecular weight excluding hydrogens is 338 g/mol. The third-order valence-corrected chi connectivity index (χ3v) is 6.51. The van der Waals surface area contributed by atoms with Gasteiger partial charge in [-0.3, -0.25) is 4.79 Å². The third-order valence-electron chi connectivity index (χ3n) is 4.96. The lowest BCUT2D eigenvalue weighted by atomic mass is 10.1. The van der Waals surface area contributed by atoms with E-state index in [4.69, 9.17) is 0 Å². The minimum absolute atomic E-state index is 0.0641. The Morgan fingerprint density at radius 3 is 2.04 bits per heavy atom. The van der Waals surface area contributed by atoms with Gasteiger partial charge in [-0.05, 0) is 43.4 Å². The lowest BCUT2D eigenvalue weighted by Gasteiger charge is -2.20. The van der Waals surface area contributed by atoms with Gasteiger partial charge in [0, 0.05) is 38.3 Å². The lowest BCUT2D eigenvalue weighted by Crippen LogP contribution is -2.40. The number of rotatable bonds is 5. The maximum absolute atomic E-state index is 12.4. The van der Waals surface area contributed by atoms with Crippen molar-refractivity contribution in [1.29, 1.82) is 0 Å². The van der Waals surface area contributed by atoms with Crippen molar-refractivity contribution in [2.24, 2.45) is 0 Å². The van der Waals surface area contributed by atoms with Gasteiger partial charge in [-0.2, -0.15) is 17.4 Å². The fourth-order valence-electron chi connectivity index (χ4n) is 3.42. The highest BCUT2D eigenvalue weighted by atomic mass is 32.2. The summed E-state index contributed by atoms with van der Waals surface area (Å²) >= 11 is 0. The summed E-state index contributed by atoms with van der Waals surface area (Å²) in [5.41, 5.74) is 1.53. The second-order valence-electron chi connectivity index (χ2n) is 6.84. The number of nitrogens with zero attached hydrogens (tertiary/aromatic N) is 2. The molecule has 2 aliphatic rings. The summed E-state index contributed by atoms with van der Waals surface area (Å²) in [5.74, 6) is 0.0641. The quantitative estimate of drug-likeness (QED) is 0.869. The molecule has 7 heteroatoms. The number of hydrogen-bond donors (Lipinski definition) is 1. The van der Waals surface area contributed by atoms with Crippen LogP contribution in [0.2, 0.25) is 0 Å². The molecule has 2 aliphatic heterocycles. The van der Waals surface area contributed by atoms with E-state index in [1.807, 2.05) is 17.0 Å². The Morgan fingerprint density at radius 2 is 1.44 bits per heavy atom. The standard InChI is InChI=1S/C18H27N3O3S/c22-18(20-11-5-6-12-20)17-9-7-16(8-10-17)15-19-25(23,24)21-13-3-1-2-4-14-21/h7-10,19H,1-6,11-15H2. The molecule has 6 nitrogen and oxygen atoms in total. The Hall–Kier alpha value is -1.44. The predicted molar refractivity (Wildman–Crippen MR) is 97.4 cm³/mol. The molecule has 25 heavy (non-hydrogen) atoms. The van der Waals surface area contributed by atoms with Crippen LogP contribution in [-0.4, -0.2) is 49.7 Å². The first-order valence-electron chi connectivity index (χ1n) is 9.19. The van der Waals surface area contributed by atoms with E-state index < -0.39 is 10.2 Å². The lowest BCUT2D eigenvalue weighted by molar-refractivity contribution is 0.0793. The van der Waals surface area contributed by atoms with Crippen LogP contribution < -0.4 is 4.72 Å². The third kappa shape index (κ3) is 4.80. The molecule has 0 saturated carbocycles. The van der Waals surface area contributed by atoms with Crippen LogP contribution in [0.15, 0.2) is 24.3 Å². The smallest absolute Gasteiger partial charge is 0.279 e. The first kappa shape index (κ1) is 18.4. The number of benzene rings is 1. The summed E-state index contributed by atoms with van der Waals surface area (Å²) in [5, 5.41) is 0. The van der Waals surface area contributed by atoms with Gasteiger partial charge < -0.3 is 4.90 Å². The Morgan fingerprint density at radius 1 is 0.880 bits per heavy atom. The molecule has 0 bridgehead atoms. The molecule has 1 aromatic carbocycles. The zero-order valence-corrected chi connectivity index (χ0v) is 15.4. The van der Waals surface area contributed by atoms with E-state index in [0.29, 0.717) is 18.7 Å². The zero-order valence-electron chi connectivity index (χ0n) is 14.6. The van der Waals surface area contributed by atoms with Crippen LogP contribution in [0, 0.1) is 0 Å². The first-order valence-corrected chi connectivity index (χ1v) is 10.6. The second-order valence-corrected chi connectivity index (χ2v) is 8.59. The highest BCUT2D eigenvalue weighted by molar-refractivity contribution is 7.87. The van der Waals surface area contributed by atoms with Gasteiger partial charge in [-0.15, -0.1) is 0 Å². The molecule has 2 heterocycles. The van der Waals surface area contributed by atoms with Gasteiger partial charge in [0.15, 0.2) is 0 Å². The van der Waals surface area contributed by atoms with Crippen molar-refractivity contribution in [1.82, 2.24) is 13.9 Å². The number of likely N-dealkylation sites (tertiary alicyclic amines) is 1. The van der Waals surface area contributed by atoms with Crippen LogP contribution in [0.3, 0.4) is 0 Å². The number of carbonyl (C=O) groups excluding carboxylic acids is 1. The minimum atomic E-state index is -3.44. The fraction of sp³-hybridized carbons (Fsp3) is 0.611. The van der Waals surface area contributed by atoms with Crippen LogP contribution in [0.25, 0.3) is 0 Å². The summed E-state index contributed by atoms with van der Waals surface area (Å²) < 4.78 is 29.1. The summed E-state index contributed by atoms with van der Waals surface area (Å²) in [6, 6.07) is 7.23. The molecular formula is C18H27N3O3S. The van der Waals surface area contributed by atoms with E-state index in [9.17, 15) is 13.2 Å². The van der Waals surface area contributed by atoms with Gasteiger partial charge in [0.25, 0.3) is 16.1 Å². The Labute approximate surface area is 150 Å². The van der Waals surface area contributed by atoms with E-state index in [1.165, 1.54) is 0 Å². The van der Waals surface area contributed by atoms with Gasteiger partial charge in [-0.25, -0.2) is 0 Å². The van der Waals surface area contributed by atoms with Crippen molar-refractivity contribution in [3.8, 4) is 0 Å². The maximum atomic E-state index is 12.4. The van der Waals surface area contributed by atoms with E-state index in [2.05, 4.69) is 4.72 Å². The number of amides is 1. The average Bonchev–Trinajstić information content (AvgIpc) is 3.01. The fourth-order valence-corrected chi connectivity index (χ4v) is 4.69. The average molecular weight is 365 g/mol. The Balaban J connectivity index is 1.56. The SMILES string of the molecule is O=C(c1ccc(CNS(=O)(=O)N2CCCCCC2)cc1)N1CCCC1. The van der Waals surface area contributed by atoms with Crippen molar-refractivity contribution >= 4 is 16.1 Å². The van der Waals surface area contributed by atoms with Crippen molar-refractivity contribution in [3.63, 3.8) is 0 Å². The van der Waals surface area contributed by atoms with E-state index in [-0.39, 0.29) is 12.5 Å². The molecule has 0 spiro atoms. The Kier molecular flexibility index (Phi) is 6.09. The Bertz CT molecular complexity index is 674. The number of nitrogens with one attached hydrogen (secondary N) is 1. The monoisotopic (exact) mass is 365 g/mol. The van der Waals surface area contributed by atoms with E-state index in [1.54, 1.807) is 16.4 Å². The molecule has 0 aromatic heterocycles. The molecule has 2 fully saturated rings. The van der Waals surface area contributed by atoms with Crippen molar-refractivity contribution in [2.75, 3.05) is 26.2 Å². The molecule has 0 aliphatic carbocycles. The molecule has 0 radical (unpaired) electrons. The van der Waals surface area contributed by atoms with Gasteiger partial charge in [-0.1, -0.05) is 25.0 Å². The molecule has 0 atom stereocenters. The van der Waals surface area contributed by atoms with Crippen LogP contribution >= 0.6 is 0 Å². The topological polar surface area (TPSA) is 69.7 Å². The van der Waals surface area contributed by atoms with Gasteiger partial charge in [0.2, 0.25) is 0 Å². The summed E-state index contributed by atoms with van der Waals surface area (Å²) in [6.45, 7) is 3.10. The number of carbonyl (C=O) groups is 1. The van der Waals surface area contributed by atoms with Gasteiger partial charge in [0.05, 0.1) is 0 Å². The summed E-state index contributed by atoms with van der Waals surface area (Å²) in [6.07, 6.45) is 6.18. The highest BCUT2D eigenvalue weighted by Gasteiger charge is 2.22. The molecule has 1 N–H and O–H groups in total. The van der Waals surface area contributed by atoms with Crippen molar-refractivity contribution in [3.05, 3.63) is 35.4 Å². The highest BCUT2D eigenvalue weighted by Crippen LogP contribution is 2.15. The van der Waals surface area contributed by atoms with Crippen LogP contribution in [0.4, 0.5) is 0 Å². The van der Waals surface area contributed by atoms with Crippen molar-refractivity contribution < 1.29 is 13.2 Å². The molecule has 0 unspecified atom stereocenters. The van der Waals surface area contributed by atoms with Crippen molar-refractivity contribution in [2.45, 2.75) is 45.1 Å². The number of hydrogen-bond acceptors (Lipinski definition) is 3.